The van der Waals surface area contributed by atoms with E-state index in [2.05, 4.69) is 52.0 Å². The average molecular weight is 258 g/mol. The molecule has 0 saturated carbocycles. The first-order chi connectivity index (χ1) is 8.88. The van der Waals surface area contributed by atoms with Crippen molar-refractivity contribution in [2.45, 2.75) is 53.4 Å². The molecule has 2 unspecified atom stereocenters. The third-order valence-corrected chi connectivity index (χ3v) is 4.79. The maximum absolute atomic E-state index is 12.5. The van der Waals surface area contributed by atoms with Crippen LogP contribution in [-0.2, 0) is 17.6 Å². The summed E-state index contributed by atoms with van der Waals surface area (Å²) in [6, 6.07) is 8.57. The predicted octanol–water partition coefficient (Wildman–Crippen LogP) is 4.43. The van der Waals surface area contributed by atoms with Crippen LogP contribution in [0.5, 0.6) is 0 Å². The van der Waals surface area contributed by atoms with Gasteiger partial charge in [-0.05, 0) is 41.7 Å². The van der Waals surface area contributed by atoms with Gasteiger partial charge in [0.15, 0.2) is 0 Å². The molecule has 2 rings (SSSR count). The number of benzene rings is 1. The van der Waals surface area contributed by atoms with Crippen molar-refractivity contribution in [3.63, 3.8) is 0 Å². The van der Waals surface area contributed by atoms with E-state index in [1.165, 1.54) is 11.1 Å². The minimum absolute atomic E-state index is 0.224. The first kappa shape index (κ1) is 14.3. The Morgan fingerprint density at radius 2 is 1.89 bits per heavy atom. The van der Waals surface area contributed by atoms with Gasteiger partial charge in [0.05, 0.1) is 0 Å². The highest BCUT2D eigenvalue weighted by Crippen LogP contribution is 2.32. The molecule has 0 N–H and O–H groups in total. The number of aryl methyl sites for hydroxylation is 1. The molecule has 1 nitrogen and oxygen atoms in total. The second-order valence-electron chi connectivity index (χ2n) is 7.15. The van der Waals surface area contributed by atoms with E-state index in [9.17, 15) is 4.79 Å². The summed E-state index contributed by atoms with van der Waals surface area (Å²) < 4.78 is 0. The van der Waals surface area contributed by atoms with Crippen LogP contribution in [0, 0.1) is 17.3 Å². The lowest BCUT2D eigenvalue weighted by Gasteiger charge is -2.29. The molecule has 1 aromatic rings. The molecule has 1 aliphatic carbocycles. The number of carbonyl (C=O) groups is 1. The Hall–Kier alpha value is -1.11. The molecule has 1 aromatic carbocycles. The summed E-state index contributed by atoms with van der Waals surface area (Å²) in [5.74, 6) is 1.17. The van der Waals surface area contributed by atoms with Gasteiger partial charge in [-0.2, -0.15) is 0 Å². The fourth-order valence-corrected chi connectivity index (χ4v) is 2.75. The Morgan fingerprint density at radius 1 is 1.26 bits per heavy atom. The van der Waals surface area contributed by atoms with Gasteiger partial charge in [-0.25, -0.2) is 0 Å². The van der Waals surface area contributed by atoms with Gasteiger partial charge >= 0.3 is 0 Å². The van der Waals surface area contributed by atoms with Crippen LogP contribution in [-0.4, -0.2) is 5.78 Å². The lowest BCUT2D eigenvalue weighted by molar-refractivity contribution is -0.124. The molecule has 0 fully saturated rings. The topological polar surface area (TPSA) is 17.1 Å². The van der Waals surface area contributed by atoms with Crippen molar-refractivity contribution >= 4 is 5.78 Å². The maximum Gasteiger partial charge on any atom is 0.136 e. The summed E-state index contributed by atoms with van der Waals surface area (Å²) >= 11 is 0. The molecule has 0 aliphatic heterocycles. The van der Waals surface area contributed by atoms with E-state index in [0.29, 0.717) is 11.7 Å². The lowest BCUT2D eigenvalue weighted by atomic mass is 9.75. The first-order valence-corrected chi connectivity index (χ1v) is 7.47. The molecule has 104 valence electrons. The number of rotatable bonds is 3. The number of hydrogen-bond donors (Lipinski definition) is 0. The summed E-state index contributed by atoms with van der Waals surface area (Å²) in [4.78, 5) is 12.5. The quantitative estimate of drug-likeness (QED) is 0.783. The van der Waals surface area contributed by atoms with Crippen LogP contribution in [0.2, 0.25) is 0 Å². The molecule has 1 heteroatoms. The fraction of sp³-hybridized carbons (Fsp3) is 0.611. The number of carbonyl (C=O) groups excluding carboxylic acids is 1. The minimum atomic E-state index is 0.224. The van der Waals surface area contributed by atoms with Crippen molar-refractivity contribution < 1.29 is 4.79 Å². The zero-order chi connectivity index (χ0) is 14.0. The summed E-state index contributed by atoms with van der Waals surface area (Å²) in [5, 5.41) is 0. The molecule has 0 aromatic heterocycles. The van der Waals surface area contributed by atoms with Crippen LogP contribution in [0.15, 0.2) is 24.3 Å². The Balaban J connectivity index is 1.99. The smallest absolute Gasteiger partial charge is 0.136 e. The second kappa shape index (κ2) is 5.48. The highest BCUT2D eigenvalue weighted by Gasteiger charge is 2.28. The van der Waals surface area contributed by atoms with Crippen molar-refractivity contribution in [2.24, 2.45) is 17.3 Å². The SMILES string of the molecule is CC(CC(=O)C1CCc2ccccc2C1)C(C)(C)C. The third-order valence-electron chi connectivity index (χ3n) is 4.79. The summed E-state index contributed by atoms with van der Waals surface area (Å²) in [6.07, 6.45) is 3.78. The standard InChI is InChI=1S/C18H26O/c1-13(18(2,3)4)11-17(19)16-10-9-14-7-5-6-8-15(14)12-16/h5-8,13,16H,9-12H2,1-4H3. The van der Waals surface area contributed by atoms with Crippen molar-refractivity contribution in [1.29, 1.82) is 0 Å². The largest absolute Gasteiger partial charge is 0.299 e. The summed E-state index contributed by atoms with van der Waals surface area (Å²) in [7, 11) is 0. The predicted molar refractivity (Wildman–Crippen MR) is 80.2 cm³/mol. The highest BCUT2D eigenvalue weighted by atomic mass is 16.1. The first-order valence-electron chi connectivity index (χ1n) is 7.47. The zero-order valence-corrected chi connectivity index (χ0v) is 12.7. The number of hydrogen-bond acceptors (Lipinski definition) is 1. The van der Waals surface area contributed by atoms with Gasteiger partial charge in [0.2, 0.25) is 0 Å². The average Bonchev–Trinajstić information content (AvgIpc) is 2.37. The lowest BCUT2D eigenvalue weighted by Crippen LogP contribution is -2.27. The van der Waals surface area contributed by atoms with Crippen LogP contribution in [0.4, 0.5) is 0 Å². The molecular formula is C18H26O. The minimum Gasteiger partial charge on any atom is -0.299 e. The van der Waals surface area contributed by atoms with Gasteiger partial charge in [-0.1, -0.05) is 52.0 Å². The van der Waals surface area contributed by atoms with Crippen molar-refractivity contribution in [3.05, 3.63) is 35.4 Å². The molecule has 0 heterocycles. The van der Waals surface area contributed by atoms with E-state index in [4.69, 9.17) is 0 Å². The molecule has 0 radical (unpaired) electrons. The zero-order valence-electron chi connectivity index (χ0n) is 12.7. The normalized spacial score (nSPS) is 20.7. The van der Waals surface area contributed by atoms with Crippen molar-refractivity contribution in [3.8, 4) is 0 Å². The van der Waals surface area contributed by atoms with Crippen LogP contribution in [0.25, 0.3) is 0 Å². The number of fused-ring (bicyclic) bond motifs is 1. The molecule has 2 atom stereocenters. The molecule has 0 amide bonds. The van der Waals surface area contributed by atoms with Gasteiger partial charge in [0, 0.05) is 12.3 Å². The Kier molecular flexibility index (Phi) is 4.13. The maximum atomic E-state index is 12.5. The van der Waals surface area contributed by atoms with E-state index < -0.39 is 0 Å². The van der Waals surface area contributed by atoms with Crippen LogP contribution >= 0.6 is 0 Å². The van der Waals surface area contributed by atoms with Crippen molar-refractivity contribution in [2.75, 3.05) is 0 Å². The van der Waals surface area contributed by atoms with E-state index >= 15 is 0 Å². The van der Waals surface area contributed by atoms with Gasteiger partial charge in [-0.3, -0.25) is 4.79 Å². The van der Waals surface area contributed by atoms with E-state index in [1.807, 2.05) is 0 Å². The molecule has 0 bridgehead atoms. The third kappa shape index (κ3) is 3.46. The Labute approximate surface area is 117 Å². The van der Waals surface area contributed by atoms with Crippen molar-refractivity contribution in [1.82, 2.24) is 0 Å². The van der Waals surface area contributed by atoms with E-state index in [1.54, 1.807) is 0 Å². The van der Waals surface area contributed by atoms with Gasteiger partial charge in [0.1, 0.15) is 5.78 Å². The van der Waals surface area contributed by atoms with Gasteiger partial charge in [-0.15, -0.1) is 0 Å². The monoisotopic (exact) mass is 258 g/mol. The molecule has 0 spiro atoms. The van der Waals surface area contributed by atoms with Gasteiger partial charge < -0.3 is 0 Å². The van der Waals surface area contributed by atoms with Crippen LogP contribution in [0.3, 0.4) is 0 Å². The number of Topliss-reactive ketones (excluding diaryl/α,β-unsaturated/α-hetero) is 1. The fourth-order valence-electron chi connectivity index (χ4n) is 2.75. The molecular weight excluding hydrogens is 232 g/mol. The van der Waals surface area contributed by atoms with Crippen LogP contribution in [0.1, 0.15) is 51.7 Å². The van der Waals surface area contributed by atoms with Gasteiger partial charge in [0.25, 0.3) is 0 Å². The molecule has 19 heavy (non-hydrogen) atoms. The van der Waals surface area contributed by atoms with E-state index in [0.717, 1.165) is 25.7 Å². The summed E-state index contributed by atoms with van der Waals surface area (Å²) in [5.41, 5.74) is 3.05. The second-order valence-corrected chi connectivity index (χ2v) is 7.15. The molecule has 0 saturated heterocycles. The Morgan fingerprint density at radius 3 is 2.53 bits per heavy atom. The van der Waals surface area contributed by atoms with Crippen LogP contribution < -0.4 is 0 Å². The van der Waals surface area contributed by atoms with E-state index in [-0.39, 0.29) is 11.3 Å². The summed E-state index contributed by atoms with van der Waals surface area (Å²) in [6.45, 7) is 8.87. The number of ketones is 1. The Bertz CT molecular complexity index is 453. The molecule has 1 aliphatic rings. The highest BCUT2D eigenvalue weighted by molar-refractivity contribution is 5.82.